The number of hydrogen-bond acceptors (Lipinski definition) is 3. The lowest BCUT2D eigenvalue weighted by molar-refractivity contribution is 0.767. The molecule has 1 heterocycles. The van der Waals surface area contributed by atoms with Gasteiger partial charge in [-0.2, -0.15) is 2.52 Å². The number of hydrogen-bond donors (Lipinski definition) is 0. The highest BCUT2D eigenvalue weighted by atomic mass is 127. The highest BCUT2D eigenvalue weighted by molar-refractivity contribution is 14.1. The van der Waals surface area contributed by atoms with E-state index in [1.165, 1.54) is 29.0 Å². The van der Waals surface area contributed by atoms with E-state index in [4.69, 9.17) is 0 Å². The molecule has 64 valence electrons. The Morgan fingerprint density at radius 2 is 2.25 bits per heavy atom. The monoisotopic (exact) mass is 292 g/mol. The summed E-state index contributed by atoms with van der Waals surface area (Å²) in [5.74, 6) is 0. The molecule has 1 atom stereocenters. The van der Waals surface area contributed by atoms with Crippen molar-refractivity contribution in [2.45, 2.75) is 19.9 Å². The summed E-state index contributed by atoms with van der Waals surface area (Å²) >= 11 is 3.84. The van der Waals surface area contributed by atoms with Gasteiger partial charge in [0.15, 0.2) is 0 Å². The number of fused-ring (bicyclic) bond motifs is 1. The van der Waals surface area contributed by atoms with Gasteiger partial charge in [-0.15, -0.1) is 0 Å². The third-order valence-corrected chi connectivity index (χ3v) is 3.84. The summed E-state index contributed by atoms with van der Waals surface area (Å²) in [6.45, 7) is 4.27. The molecule has 0 fully saturated rings. The standard InChI is InChI=1S/C8H9IN2S/c1-5-3-4-6(2)8-7(5)10-12-11(8)9/h3-4,8H,1-2H3. The molecule has 0 aromatic carbocycles. The van der Waals surface area contributed by atoms with Gasteiger partial charge in [-0.05, 0) is 25.0 Å². The van der Waals surface area contributed by atoms with E-state index < -0.39 is 0 Å². The predicted octanol–water partition coefficient (Wildman–Crippen LogP) is 2.93. The summed E-state index contributed by atoms with van der Waals surface area (Å²) < 4.78 is 6.57. The third-order valence-electron chi connectivity index (χ3n) is 2.11. The van der Waals surface area contributed by atoms with Crippen LogP contribution < -0.4 is 0 Å². The molecule has 0 spiro atoms. The predicted molar refractivity (Wildman–Crippen MR) is 62.2 cm³/mol. The number of allylic oxidation sites excluding steroid dienone is 2. The Labute approximate surface area is 90.6 Å². The van der Waals surface area contributed by atoms with Crippen LogP contribution in [0.3, 0.4) is 0 Å². The van der Waals surface area contributed by atoms with Crippen LogP contribution in [0.15, 0.2) is 27.7 Å². The van der Waals surface area contributed by atoms with E-state index in [2.05, 4.69) is 55.8 Å². The van der Waals surface area contributed by atoms with Crippen LogP contribution >= 0.6 is 35.0 Å². The molecule has 1 aliphatic heterocycles. The molecule has 0 amide bonds. The van der Waals surface area contributed by atoms with Gasteiger partial charge in [-0.1, -0.05) is 12.2 Å². The minimum Gasteiger partial charge on any atom is -0.202 e. The molecule has 2 aliphatic rings. The molecule has 0 N–H and O–H groups in total. The van der Waals surface area contributed by atoms with Crippen molar-refractivity contribution in [3.8, 4) is 0 Å². The molecule has 1 aliphatic carbocycles. The minimum atomic E-state index is 0.403. The molecule has 0 radical (unpaired) electrons. The van der Waals surface area contributed by atoms with Gasteiger partial charge >= 0.3 is 0 Å². The fourth-order valence-electron chi connectivity index (χ4n) is 1.37. The lowest BCUT2D eigenvalue weighted by Gasteiger charge is -2.21. The summed E-state index contributed by atoms with van der Waals surface area (Å²) in [5.41, 5.74) is 3.88. The van der Waals surface area contributed by atoms with Gasteiger partial charge in [-0.25, -0.2) is 4.40 Å². The third kappa shape index (κ3) is 1.25. The van der Waals surface area contributed by atoms with Crippen LogP contribution in [0.4, 0.5) is 0 Å². The Hall–Kier alpha value is 0.190. The smallest absolute Gasteiger partial charge is 0.0964 e. The van der Waals surface area contributed by atoms with Gasteiger partial charge in [0.25, 0.3) is 0 Å². The van der Waals surface area contributed by atoms with Gasteiger partial charge in [0.1, 0.15) is 0 Å². The molecular weight excluding hydrogens is 283 g/mol. The van der Waals surface area contributed by atoms with Crippen LogP contribution in [0.25, 0.3) is 0 Å². The Bertz CT molecular complexity index is 306. The van der Waals surface area contributed by atoms with E-state index in [1.54, 1.807) is 0 Å². The number of nitrogens with zero attached hydrogens (tertiary/aromatic N) is 2. The molecule has 2 rings (SSSR count). The second-order valence-electron chi connectivity index (χ2n) is 2.99. The highest BCUT2D eigenvalue weighted by Gasteiger charge is 2.32. The Morgan fingerprint density at radius 3 is 2.92 bits per heavy atom. The van der Waals surface area contributed by atoms with Crippen molar-refractivity contribution in [1.82, 2.24) is 2.52 Å². The van der Waals surface area contributed by atoms with Gasteiger partial charge in [0, 0.05) is 22.9 Å². The van der Waals surface area contributed by atoms with Crippen molar-refractivity contribution in [3.05, 3.63) is 23.3 Å². The molecule has 0 saturated carbocycles. The quantitative estimate of drug-likeness (QED) is 0.387. The van der Waals surface area contributed by atoms with Crippen molar-refractivity contribution < 1.29 is 0 Å². The zero-order chi connectivity index (χ0) is 8.72. The van der Waals surface area contributed by atoms with E-state index in [1.807, 2.05) is 0 Å². The van der Waals surface area contributed by atoms with Crippen LogP contribution in [0.5, 0.6) is 0 Å². The van der Waals surface area contributed by atoms with Crippen molar-refractivity contribution in [2.24, 2.45) is 4.40 Å². The largest absolute Gasteiger partial charge is 0.202 e. The Kier molecular flexibility index (Phi) is 2.31. The van der Waals surface area contributed by atoms with Gasteiger partial charge < -0.3 is 0 Å². The summed E-state index contributed by atoms with van der Waals surface area (Å²) in [6.07, 6.45) is 4.32. The molecule has 0 saturated heterocycles. The zero-order valence-electron chi connectivity index (χ0n) is 6.91. The maximum Gasteiger partial charge on any atom is 0.0964 e. The van der Waals surface area contributed by atoms with Crippen LogP contribution in [0.2, 0.25) is 0 Å². The van der Waals surface area contributed by atoms with E-state index in [0.29, 0.717) is 6.04 Å². The second kappa shape index (κ2) is 3.16. The maximum absolute atomic E-state index is 4.41. The van der Waals surface area contributed by atoms with Gasteiger partial charge in [0.2, 0.25) is 0 Å². The first-order valence-corrected chi connectivity index (χ1v) is 5.45. The van der Waals surface area contributed by atoms with Gasteiger partial charge in [-0.3, -0.25) is 0 Å². The van der Waals surface area contributed by atoms with Crippen molar-refractivity contribution in [3.63, 3.8) is 0 Å². The van der Waals surface area contributed by atoms with Crippen LogP contribution in [-0.4, -0.2) is 14.3 Å². The van der Waals surface area contributed by atoms with Crippen molar-refractivity contribution in [1.29, 1.82) is 0 Å². The lowest BCUT2D eigenvalue weighted by Crippen LogP contribution is -2.29. The van der Waals surface area contributed by atoms with Crippen molar-refractivity contribution >= 4 is 40.7 Å². The van der Waals surface area contributed by atoms with Gasteiger partial charge in [0.05, 0.1) is 23.9 Å². The SMILES string of the molecule is CC1=CC=C(C)C2C1=NSN2I. The fourth-order valence-corrected chi connectivity index (χ4v) is 3.11. The first-order chi connectivity index (χ1) is 5.70. The Morgan fingerprint density at radius 1 is 1.50 bits per heavy atom. The van der Waals surface area contributed by atoms with E-state index in [0.717, 1.165) is 0 Å². The van der Waals surface area contributed by atoms with Crippen molar-refractivity contribution in [2.75, 3.05) is 0 Å². The zero-order valence-corrected chi connectivity index (χ0v) is 9.89. The number of rotatable bonds is 0. The first kappa shape index (κ1) is 8.77. The van der Waals surface area contributed by atoms with E-state index in [9.17, 15) is 0 Å². The number of halogens is 1. The molecule has 2 nitrogen and oxygen atoms in total. The summed E-state index contributed by atoms with van der Waals surface area (Å²) in [7, 11) is 0. The molecule has 0 aromatic rings. The second-order valence-corrected chi connectivity index (χ2v) is 5.43. The summed E-state index contributed by atoms with van der Waals surface area (Å²) in [4.78, 5) is 0. The first-order valence-electron chi connectivity index (χ1n) is 3.75. The van der Waals surface area contributed by atoms with E-state index >= 15 is 0 Å². The minimum absolute atomic E-state index is 0.403. The van der Waals surface area contributed by atoms with E-state index in [-0.39, 0.29) is 0 Å². The Balaban J connectivity index is 2.42. The molecule has 4 heteroatoms. The fraction of sp³-hybridized carbons (Fsp3) is 0.375. The molecule has 0 aromatic heterocycles. The molecular formula is C8H9IN2S. The average molecular weight is 292 g/mol. The summed E-state index contributed by atoms with van der Waals surface area (Å²) in [6, 6.07) is 0.403. The average Bonchev–Trinajstić information content (AvgIpc) is 2.42. The normalized spacial score (nSPS) is 29.2. The molecule has 12 heavy (non-hydrogen) atoms. The van der Waals surface area contributed by atoms with Crippen LogP contribution in [0.1, 0.15) is 13.8 Å². The topological polar surface area (TPSA) is 15.6 Å². The molecule has 1 unspecified atom stereocenters. The maximum atomic E-state index is 4.41. The van der Waals surface area contributed by atoms with Crippen LogP contribution in [-0.2, 0) is 0 Å². The molecule has 0 bridgehead atoms. The lowest BCUT2D eigenvalue weighted by atomic mass is 9.94. The highest BCUT2D eigenvalue weighted by Crippen LogP contribution is 2.36. The summed E-state index contributed by atoms with van der Waals surface area (Å²) in [5, 5.41) is 0. The van der Waals surface area contributed by atoms with Crippen LogP contribution in [0, 0.1) is 0 Å².